The summed E-state index contributed by atoms with van der Waals surface area (Å²) < 4.78 is 14.0. The molecule has 0 radical (unpaired) electrons. The molecule has 0 aromatic heterocycles. The quantitative estimate of drug-likeness (QED) is 0.348. The number of hydrogen-bond acceptors (Lipinski definition) is 5. The molecule has 5 nitrogen and oxygen atoms in total. The van der Waals surface area contributed by atoms with Gasteiger partial charge < -0.3 is 13.9 Å². The topological polar surface area (TPSA) is 61.8 Å². The van der Waals surface area contributed by atoms with E-state index in [0.717, 1.165) is 0 Å². The zero-order valence-electron chi connectivity index (χ0n) is 7.61. The predicted molar refractivity (Wildman–Crippen MR) is 47.1 cm³/mol. The fourth-order valence-corrected chi connectivity index (χ4v) is 0.939. The number of hydrogen-bond donors (Lipinski definition) is 0. The van der Waals surface area contributed by atoms with E-state index in [1.54, 1.807) is 5.70 Å². The molecule has 74 valence electrons. The smallest absolute Gasteiger partial charge is 0.355 e. The van der Waals surface area contributed by atoms with Gasteiger partial charge in [0, 0.05) is 13.8 Å². The van der Waals surface area contributed by atoms with E-state index >= 15 is 0 Å². The Morgan fingerprint density at radius 2 is 1.77 bits per heavy atom. The molecule has 0 aromatic rings. The molecule has 0 bridgehead atoms. The number of carbonyl (C=O) groups excluding carboxylic acids is 2. The van der Waals surface area contributed by atoms with Crippen molar-refractivity contribution in [3.63, 3.8) is 0 Å². The van der Waals surface area contributed by atoms with Crippen LogP contribution in [0.3, 0.4) is 0 Å². The Balaban J connectivity index is 3.93. The van der Waals surface area contributed by atoms with Crippen LogP contribution in [0.2, 0.25) is 0 Å². The average Bonchev–Trinajstić information content (AvgIpc) is 1.98. The first-order chi connectivity index (χ1) is 6.06. The van der Waals surface area contributed by atoms with E-state index in [0.29, 0.717) is 0 Å². The Kier molecular flexibility index (Phi) is 5.82. The second-order valence-corrected chi connectivity index (χ2v) is 3.37. The minimum atomic E-state index is -1.22. The standard InChI is InChI=1S/C7H12O5Si/c1-4-13-12-7(10-5(2)8)11-6(3)9/h4,7H,1,13H2,2-3H3. The molecular formula is C7H12O5Si. The summed E-state index contributed by atoms with van der Waals surface area (Å²) in [6.45, 7) is 4.63. The maximum Gasteiger partial charge on any atom is 0.355 e. The van der Waals surface area contributed by atoms with Crippen LogP contribution < -0.4 is 0 Å². The maximum absolute atomic E-state index is 10.5. The third-order valence-corrected chi connectivity index (χ3v) is 1.57. The third kappa shape index (κ3) is 7.23. The minimum absolute atomic E-state index is 0.565. The summed E-state index contributed by atoms with van der Waals surface area (Å²) >= 11 is 0. The average molecular weight is 204 g/mol. The van der Waals surface area contributed by atoms with Gasteiger partial charge in [-0.2, -0.15) is 0 Å². The van der Waals surface area contributed by atoms with Crippen LogP contribution in [0.4, 0.5) is 0 Å². The van der Waals surface area contributed by atoms with E-state index in [1.165, 1.54) is 13.8 Å². The van der Waals surface area contributed by atoms with Gasteiger partial charge in [0.1, 0.15) is 0 Å². The van der Waals surface area contributed by atoms with Crippen molar-refractivity contribution in [2.45, 2.75) is 20.3 Å². The van der Waals surface area contributed by atoms with Crippen molar-refractivity contribution in [3.8, 4) is 0 Å². The number of rotatable bonds is 5. The molecule has 0 saturated heterocycles. The second kappa shape index (κ2) is 6.38. The van der Waals surface area contributed by atoms with Crippen molar-refractivity contribution in [2.75, 3.05) is 0 Å². The monoisotopic (exact) mass is 204 g/mol. The Morgan fingerprint density at radius 1 is 1.31 bits per heavy atom. The van der Waals surface area contributed by atoms with E-state index in [1.807, 2.05) is 0 Å². The predicted octanol–water partition coefficient (Wildman–Crippen LogP) is -0.360. The van der Waals surface area contributed by atoms with Gasteiger partial charge in [-0.1, -0.05) is 5.70 Å². The molecule has 0 heterocycles. The third-order valence-electron chi connectivity index (χ3n) is 0.875. The van der Waals surface area contributed by atoms with Crippen LogP contribution in [0, 0.1) is 0 Å². The first-order valence-electron chi connectivity index (χ1n) is 3.63. The van der Waals surface area contributed by atoms with Gasteiger partial charge in [-0.05, 0) is 0 Å². The van der Waals surface area contributed by atoms with Crippen LogP contribution in [0.5, 0.6) is 0 Å². The lowest BCUT2D eigenvalue weighted by atomic mass is 10.8. The van der Waals surface area contributed by atoms with Gasteiger partial charge in [0.2, 0.25) is 0 Å². The summed E-state index contributed by atoms with van der Waals surface area (Å²) in [6, 6.07) is 0. The fraction of sp³-hybridized carbons (Fsp3) is 0.429. The van der Waals surface area contributed by atoms with Crippen molar-refractivity contribution in [1.82, 2.24) is 0 Å². The molecule has 6 heteroatoms. The van der Waals surface area contributed by atoms with Crippen LogP contribution in [-0.2, 0) is 23.5 Å². The van der Waals surface area contributed by atoms with Crippen molar-refractivity contribution in [1.29, 1.82) is 0 Å². The molecule has 0 aliphatic heterocycles. The molecule has 0 fully saturated rings. The number of ether oxygens (including phenoxy) is 2. The molecule has 0 rings (SSSR count). The van der Waals surface area contributed by atoms with Crippen LogP contribution in [0.15, 0.2) is 12.3 Å². The first kappa shape index (κ1) is 11.9. The van der Waals surface area contributed by atoms with Crippen molar-refractivity contribution >= 4 is 21.7 Å². The van der Waals surface area contributed by atoms with E-state index in [9.17, 15) is 9.59 Å². The summed E-state index contributed by atoms with van der Waals surface area (Å²) in [5.74, 6) is -1.13. The van der Waals surface area contributed by atoms with Crippen LogP contribution in [0.1, 0.15) is 13.8 Å². The second-order valence-electron chi connectivity index (χ2n) is 2.13. The van der Waals surface area contributed by atoms with Crippen LogP contribution >= 0.6 is 0 Å². The highest BCUT2D eigenvalue weighted by Crippen LogP contribution is 1.97. The van der Waals surface area contributed by atoms with Gasteiger partial charge in [0.25, 0.3) is 0 Å². The zero-order chi connectivity index (χ0) is 10.3. The van der Waals surface area contributed by atoms with E-state index < -0.39 is 28.2 Å². The summed E-state index contributed by atoms with van der Waals surface area (Å²) in [4.78, 5) is 21.0. The zero-order valence-corrected chi connectivity index (χ0v) is 9.02. The lowest BCUT2D eigenvalue weighted by Crippen LogP contribution is -2.26. The molecule has 0 spiro atoms. The van der Waals surface area contributed by atoms with Gasteiger partial charge in [0.15, 0.2) is 9.76 Å². The van der Waals surface area contributed by atoms with Crippen LogP contribution in [-0.4, -0.2) is 28.2 Å². The van der Waals surface area contributed by atoms with Gasteiger partial charge in [-0.3, -0.25) is 9.59 Å². The summed E-state index contributed by atoms with van der Waals surface area (Å²) in [7, 11) is -1.00. The molecule has 0 unspecified atom stereocenters. The molecule has 0 amide bonds. The lowest BCUT2D eigenvalue weighted by molar-refractivity contribution is -0.233. The molecule has 0 aliphatic carbocycles. The summed E-state index contributed by atoms with van der Waals surface area (Å²) in [5.41, 5.74) is 1.58. The van der Waals surface area contributed by atoms with Gasteiger partial charge in [-0.15, -0.1) is 6.58 Å². The van der Waals surface area contributed by atoms with Crippen molar-refractivity contribution in [3.05, 3.63) is 12.3 Å². The minimum Gasteiger partial charge on any atom is -0.401 e. The first-order valence-corrected chi connectivity index (χ1v) is 5.02. The molecule has 0 N–H and O–H groups in total. The molecule has 0 aliphatic rings. The Bertz CT molecular complexity index is 187. The molecule has 13 heavy (non-hydrogen) atoms. The van der Waals surface area contributed by atoms with Gasteiger partial charge in [-0.25, -0.2) is 0 Å². The Labute approximate surface area is 78.6 Å². The maximum atomic E-state index is 10.5. The summed E-state index contributed by atoms with van der Waals surface area (Å²) in [5, 5.41) is 0. The lowest BCUT2D eigenvalue weighted by Gasteiger charge is -2.15. The van der Waals surface area contributed by atoms with Crippen molar-refractivity contribution < 1.29 is 23.5 Å². The van der Waals surface area contributed by atoms with Crippen molar-refractivity contribution in [2.24, 2.45) is 0 Å². The number of carbonyl (C=O) groups is 2. The fourth-order valence-electron chi connectivity index (χ4n) is 0.510. The van der Waals surface area contributed by atoms with E-state index in [2.05, 4.69) is 16.1 Å². The highest BCUT2D eigenvalue weighted by Gasteiger charge is 2.14. The highest BCUT2D eigenvalue weighted by atomic mass is 28.2. The summed E-state index contributed by atoms with van der Waals surface area (Å²) in [6.07, 6.45) is 0. The Hall–Kier alpha value is -1.14. The molecule has 0 aromatic carbocycles. The van der Waals surface area contributed by atoms with E-state index in [4.69, 9.17) is 4.43 Å². The molecule has 0 saturated carbocycles. The van der Waals surface area contributed by atoms with E-state index in [-0.39, 0.29) is 0 Å². The van der Waals surface area contributed by atoms with Gasteiger partial charge in [0.05, 0.1) is 0 Å². The normalized spacial score (nSPS) is 10.4. The van der Waals surface area contributed by atoms with Gasteiger partial charge >= 0.3 is 18.4 Å². The molecule has 0 atom stereocenters. The highest BCUT2D eigenvalue weighted by molar-refractivity contribution is 6.34. The van der Waals surface area contributed by atoms with Crippen LogP contribution in [0.25, 0.3) is 0 Å². The SMILES string of the molecule is C=C[SiH2]OC(OC(C)=O)OC(C)=O. The Morgan fingerprint density at radius 3 is 2.08 bits per heavy atom. The largest absolute Gasteiger partial charge is 0.401 e. The number of esters is 2. The molecular weight excluding hydrogens is 192 g/mol.